The van der Waals surface area contributed by atoms with Gasteiger partial charge in [0, 0.05) is 11.6 Å². The van der Waals surface area contributed by atoms with Crippen LogP contribution in [0.5, 0.6) is 11.5 Å². The van der Waals surface area contributed by atoms with Crippen LogP contribution in [-0.2, 0) is 0 Å². The number of pyridine rings is 1. The summed E-state index contributed by atoms with van der Waals surface area (Å²) in [4.78, 5) is 15.1. The molecule has 1 N–H and O–H groups in total. The van der Waals surface area contributed by atoms with Crippen molar-refractivity contribution in [1.82, 2.24) is 4.98 Å². The van der Waals surface area contributed by atoms with Gasteiger partial charge in [0.15, 0.2) is 11.5 Å². The largest absolute Gasteiger partial charge is 0.454 e. The first-order valence-electron chi connectivity index (χ1n) is 7.43. The van der Waals surface area contributed by atoms with E-state index in [0.717, 1.165) is 10.9 Å². The highest BCUT2D eigenvalue weighted by Crippen LogP contribution is 2.37. The Hall–Kier alpha value is -3.68. The molecule has 25 heavy (non-hydrogen) atoms. The van der Waals surface area contributed by atoms with Crippen LogP contribution in [0.4, 0.5) is 11.4 Å². The third-order valence-corrected chi connectivity index (χ3v) is 3.74. The van der Waals surface area contributed by atoms with Crippen LogP contribution < -0.4 is 14.9 Å². The Bertz CT molecular complexity index is 998. The summed E-state index contributed by atoms with van der Waals surface area (Å²) in [5, 5.41) is 16.3. The van der Waals surface area contributed by atoms with E-state index >= 15 is 0 Å². The van der Waals surface area contributed by atoms with Gasteiger partial charge in [0.05, 0.1) is 34.0 Å². The molecule has 0 fully saturated rings. The molecule has 8 heteroatoms. The van der Waals surface area contributed by atoms with E-state index in [1.54, 1.807) is 6.20 Å². The van der Waals surface area contributed by atoms with E-state index in [-0.39, 0.29) is 12.5 Å². The molecule has 1 aliphatic rings. The average molecular weight is 336 g/mol. The third kappa shape index (κ3) is 2.80. The summed E-state index contributed by atoms with van der Waals surface area (Å²) in [5.41, 5.74) is 4.56. The summed E-state index contributed by atoms with van der Waals surface area (Å²) >= 11 is 0. The Kier molecular flexibility index (Phi) is 3.62. The molecule has 1 aromatic heterocycles. The number of hydrazone groups is 1. The lowest BCUT2D eigenvalue weighted by atomic mass is 10.1. The zero-order chi connectivity index (χ0) is 17.2. The summed E-state index contributed by atoms with van der Waals surface area (Å²) in [7, 11) is 0. The van der Waals surface area contributed by atoms with Gasteiger partial charge in [-0.3, -0.25) is 20.5 Å². The second-order valence-electron chi connectivity index (χ2n) is 5.27. The summed E-state index contributed by atoms with van der Waals surface area (Å²) in [6.45, 7) is 0.0486. The van der Waals surface area contributed by atoms with Gasteiger partial charge in [0.25, 0.3) is 5.69 Å². The van der Waals surface area contributed by atoms with E-state index in [2.05, 4.69) is 15.5 Å². The minimum absolute atomic E-state index is 0.0486. The molecule has 8 nitrogen and oxygen atoms in total. The lowest BCUT2D eigenvalue weighted by Crippen LogP contribution is -1.97. The van der Waals surface area contributed by atoms with Gasteiger partial charge in [-0.1, -0.05) is 18.2 Å². The van der Waals surface area contributed by atoms with Crippen LogP contribution in [0.1, 0.15) is 5.56 Å². The first kappa shape index (κ1) is 14.9. The maximum absolute atomic E-state index is 11.2. The van der Waals surface area contributed by atoms with E-state index in [1.807, 2.05) is 30.3 Å². The van der Waals surface area contributed by atoms with Crippen LogP contribution in [0.3, 0.4) is 0 Å². The molecule has 0 spiro atoms. The fourth-order valence-corrected chi connectivity index (χ4v) is 2.57. The Morgan fingerprint density at radius 3 is 2.84 bits per heavy atom. The highest BCUT2D eigenvalue weighted by molar-refractivity contribution is 5.91. The summed E-state index contributed by atoms with van der Waals surface area (Å²) in [5.74, 6) is 0.814. The molecular weight excluding hydrogens is 324 g/mol. The number of fused-ring (bicyclic) bond motifs is 2. The molecule has 0 aliphatic carbocycles. The molecule has 1 aliphatic heterocycles. The van der Waals surface area contributed by atoms with Crippen LogP contribution in [0, 0.1) is 10.1 Å². The summed E-state index contributed by atoms with van der Waals surface area (Å²) in [6.07, 6.45) is 3.07. The molecule has 3 aromatic rings. The van der Waals surface area contributed by atoms with Gasteiger partial charge in [-0.05, 0) is 18.2 Å². The maximum atomic E-state index is 11.2. The van der Waals surface area contributed by atoms with E-state index in [9.17, 15) is 10.1 Å². The van der Waals surface area contributed by atoms with Crippen molar-refractivity contribution in [3.8, 4) is 11.5 Å². The predicted molar refractivity (Wildman–Crippen MR) is 92.2 cm³/mol. The molecule has 0 unspecified atom stereocenters. The van der Waals surface area contributed by atoms with Crippen LogP contribution in [0.15, 0.2) is 53.8 Å². The second-order valence-corrected chi connectivity index (χ2v) is 5.27. The maximum Gasteiger partial charge on any atom is 0.282 e. The standard InChI is InChI=1S/C17H12N4O4/c22-21(23)14-8-16-15(24-10-25-16)7-12(14)9-19-20-13-5-1-3-11-4-2-6-18-17(11)13/h1-9,20H,10H2/b19-9-. The zero-order valence-corrected chi connectivity index (χ0v) is 12.9. The molecule has 0 atom stereocenters. The molecule has 2 heterocycles. The number of nitro benzene ring substituents is 1. The lowest BCUT2D eigenvalue weighted by molar-refractivity contribution is -0.385. The molecule has 124 valence electrons. The molecular formula is C17H12N4O4. The molecule has 0 radical (unpaired) electrons. The summed E-state index contributed by atoms with van der Waals surface area (Å²) in [6, 6.07) is 12.3. The number of aromatic nitrogens is 1. The predicted octanol–water partition coefficient (Wildman–Crippen LogP) is 3.32. The number of nitrogens with zero attached hydrogens (tertiary/aromatic N) is 3. The molecule has 0 saturated carbocycles. The van der Waals surface area contributed by atoms with Crippen LogP contribution in [0.2, 0.25) is 0 Å². The van der Waals surface area contributed by atoms with Crippen molar-refractivity contribution in [3.63, 3.8) is 0 Å². The fourth-order valence-electron chi connectivity index (χ4n) is 2.57. The number of nitro groups is 1. The van der Waals surface area contributed by atoms with Gasteiger partial charge in [-0.25, -0.2) is 0 Å². The van der Waals surface area contributed by atoms with Gasteiger partial charge in [0.2, 0.25) is 6.79 Å². The molecule has 0 saturated heterocycles. The molecule has 2 aromatic carbocycles. The van der Waals surface area contributed by atoms with E-state index in [0.29, 0.717) is 22.7 Å². The number of nitrogens with one attached hydrogen (secondary N) is 1. The summed E-state index contributed by atoms with van der Waals surface area (Å²) < 4.78 is 10.4. The topological polar surface area (TPSA) is 98.9 Å². The van der Waals surface area contributed by atoms with Crippen molar-refractivity contribution in [2.45, 2.75) is 0 Å². The van der Waals surface area contributed by atoms with Crippen molar-refractivity contribution in [2.24, 2.45) is 5.10 Å². The highest BCUT2D eigenvalue weighted by Gasteiger charge is 2.22. The number of hydrogen-bond donors (Lipinski definition) is 1. The second kappa shape index (κ2) is 6.08. The minimum atomic E-state index is -0.483. The smallest absolute Gasteiger partial charge is 0.282 e. The van der Waals surface area contributed by atoms with E-state index < -0.39 is 4.92 Å². The van der Waals surface area contributed by atoms with Gasteiger partial charge in [0.1, 0.15) is 0 Å². The van der Waals surface area contributed by atoms with Crippen molar-refractivity contribution in [2.75, 3.05) is 12.2 Å². The van der Waals surface area contributed by atoms with Crippen molar-refractivity contribution >= 4 is 28.5 Å². The quantitative estimate of drug-likeness (QED) is 0.446. The van der Waals surface area contributed by atoms with E-state index in [4.69, 9.17) is 9.47 Å². The zero-order valence-electron chi connectivity index (χ0n) is 12.9. The van der Waals surface area contributed by atoms with Crippen LogP contribution in [0.25, 0.3) is 10.9 Å². The number of para-hydroxylation sites is 1. The van der Waals surface area contributed by atoms with Gasteiger partial charge < -0.3 is 9.47 Å². The van der Waals surface area contributed by atoms with Crippen LogP contribution in [-0.4, -0.2) is 22.9 Å². The Morgan fingerprint density at radius 1 is 1.20 bits per heavy atom. The van der Waals surface area contributed by atoms with Gasteiger partial charge in [-0.2, -0.15) is 5.10 Å². The Morgan fingerprint density at radius 2 is 2.00 bits per heavy atom. The van der Waals surface area contributed by atoms with Gasteiger partial charge >= 0.3 is 0 Å². The highest BCUT2D eigenvalue weighted by atomic mass is 16.7. The average Bonchev–Trinajstić information content (AvgIpc) is 3.08. The fraction of sp³-hybridized carbons (Fsp3) is 0.0588. The minimum Gasteiger partial charge on any atom is -0.454 e. The van der Waals surface area contributed by atoms with Crippen molar-refractivity contribution < 1.29 is 14.4 Å². The first-order valence-corrected chi connectivity index (χ1v) is 7.43. The Labute approximate surface area is 141 Å². The molecule has 0 amide bonds. The molecule has 0 bridgehead atoms. The number of benzene rings is 2. The third-order valence-electron chi connectivity index (χ3n) is 3.74. The molecule has 4 rings (SSSR count). The van der Waals surface area contributed by atoms with Crippen molar-refractivity contribution in [3.05, 3.63) is 64.3 Å². The monoisotopic (exact) mass is 336 g/mol. The number of ether oxygens (including phenoxy) is 2. The Balaban J connectivity index is 1.65. The lowest BCUT2D eigenvalue weighted by Gasteiger charge is -2.04. The number of rotatable bonds is 4. The normalized spacial score (nSPS) is 12.6. The van der Waals surface area contributed by atoms with Crippen LogP contribution >= 0.6 is 0 Å². The van der Waals surface area contributed by atoms with Crippen molar-refractivity contribution in [1.29, 1.82) is 0 Å². The number of anilines is 1. The van der Waals surface area contributed by atoms with Gasteiger partial charge in [-0.15, -0.1) is 0 Å². The first-order chi connectivity index (χ1) is 12.2. The van der Waals surface area contributed by atoms with E-state index in [1.165, 1.54) is 18.3 Å². The SMILES string of the molecule is O=[N+]([O-])c1cc2c(cc1/C=N\Nc1cccc3cccnc13)OCO2. The number of hydrogen-bond acceptors (Lipinski definition) is 7.